The van der Waals surface area contributed by atoms with E-state index in [9.17, 15) is 0 Å². The minimum atomic E-state index is 0.903. The SMILES string of the molecule is C1=CC=CC=1C#CC(C=CC1=C=CC=C1)=CC1=C=CC=C1. The van der Waals surface area contributed by atoms with Crippen LogP contribution in [-0.4, -0.2) is 0 Å². The molecular formula is C21H12. The molecular weight excluding hydrogens is 252 g/mol. The molecule has 3 aliphatic carbocycles. The van der Waals surface area contributed by atoms with Crippen LogP contribution in [0.4, 0.5) is 0 Å². The van der Waals surface area contributed by atoms with Crippen molar-refractivity contribution in [1.29, 1.82) is 0 Å². The van der Waals surface area contributed by atoms with Crippen molar-refractivity contribution in [1.82, 2.24) is 0 Å². The Morgan fingerprint density at radius 1 is 0.857 bits per heavy atom. The third-order valence-electron chi connectivity index (χ3n) is 2.94. The van der Waals surface area contributed by atoms with Crippen LogP contribution in [0.3, 0.4) is 0 Å². The van der Waals surface area contributed by atoms with Crippen molar-refractivity contribution in [3.8, 4) is 11.8 Å². The maximum Gasteiger partial charge on any atom is 0.0667 e. The molecule has 0 atom stereocenters. The van der Waals surface area contributed by atoms with Gasteiger partial charge >= 0.3 is 0 Å². The summed E-state index contributed by atoms with van der Waals surface area (Å²) in [5.74, 6) is 6.30. The zero-order chi connectivity index (χ0) is 14.3. The van der Waals surface area contributed by atoms with Crippen LogP contribution in [-0.2, 0) is 0 Å². The molecule has 0 saturated carbocycles. The van der Waals surface area contributed by atoms with Crippen molar-refractivity contribution in [3.63, 3.8) is 0 Å². The predicted octanol–water partition coefficient (Wildman–Crippen LogP) is 4.43. The van der Waals surface area contributed by atoms with Crippen LogP contribution in [0.1, 0.15) is 0 Å². The maximum atomic E-state index is 3.18. The van der Waals surface area contributed by atoms with Crippen LogP contribution in [0.2, 0.25) is 0 Å². The number of rotatable bonds is 3. The topological polar surface area (TPSA) is 0 Å². The van der Waals surface area contributed by atoms with E-state index in [1.807, 2.05) is 72.9 Å². The second kappa shape index (κ2) is 6.31. The summed E-state index contributed by atoms with van der Waals surface area (Å²) in [6.07, 6.45) is 23.6. The normalized spacial score (nSPS) is 17.5. The zero-order valence-electron chi connectivity index (χ0n) is 11.4. The second-order valence-electron chi connectivity index (χ2n) is 4.52. The van der Waals surface area contributed by atoms with Crippen molar-refractivity contribution in [3.05, 3.63) is 112 Å². The summed E-state index contributed by atoms with van der Waals surface area (Å²) in [6, 6.07) is 0. The second-order valence-corrected chi connectivity index (χ2v) is 4.52. The highest BCUT2D eigenvalue weighted by molar-refractivity contribution is 5.54. The third kappa shape index (κ3) is 3.65. The lowest BCUT2D eigenvalue weighted by molar-refractivity contribution is 1.64. The highest BCUT2D eigenvalue weighted by Crippen LogP contribution is 2.11. The van der Waals surface area contributed by atoms with Gasteiger partial charge in [0.05, 0.1) is 5.57 Å². The Labute approximate surface area is 124 Å². The summed E-state index contributed by atoms with van der Waals surface area (Å²) in [5, 5.41) is 0. The fourth-order valence-corrected chi connectivity index (χ4v) is 1.90. The zero-order valence-corrected chi connectivity index (χ0v) is 11.4. The van der Waals surface area contributed by atoms with Crippen molar-refractivity contribution < 1.29 is 0 Å². The Morgan fingerprint density at radius 2 is 1.57 bits per heavy atom. The van der Waals surface area contributed by atoms with Gasteiger partial charge in [0.25, 0.3) is 0 Å². The van der Waals surface area contributed by atoms with Gasteiger partial charge in [-0.25, -0.2) is 0 Å². The van der Waals surface area contributed by atoms with Gasteiger partial charge in [0.2, 0.25) is 0 Å². The van der Waals surface area contributed by atoms with Gasteiger partial charge in [-0.15, -0.1) is 17.2 Å². The van der Waals surface area contributed by atoms with Crippen LogP contribution in [0.25, 0.3) is 0 Å². The van der Waals surface area contributed by atoms with Crippen LogP contribution >= 0.6 is 0 Å². The molecule has 0 radical (unpaired) electrons. The third-order valence-corrected chi connectivity index (χ3v) is 2.94. The predicted molar refractivity (Wildman–Crippen MR) is 87.2 cm³/mol. The van der Waals surface area contributed by atoms with Gasteiger partial charge in [-0.05, 0) is 54.7 Å². The van der Waals surface area contributed by atoms with Crippen molar-refractivity contribution in [2.45, 2.75) is 0 Å². The molecule has 0 heteroatoms. The summed E-state index contributed by atoms with van der Waals surface area (Å²) < 4.78 is 0. The van der Waals surface area contributed by atoms with E-state index >= 15 is 0 Å². The number of hydrogen-bond donors (Lipinski definition) is 0. The molecule has 3 aliphatic rings. The van der Waals surface area contributed by atoms with E-state index in [4.69, 9.17) is 0 Å². The standard InChI is InChI=1S/C21H12/c1-2-8-18(7-1)13-15-21(17-20-11-5-6-12-20)16-14-19-9-3-4-10-19/h1-7,9,11,13,15,17H. The molecule has 0 heterocycles. The summed E-state index contributed by atoms with van der Waals surface area (Å²) in [4.78, 5) is 0. The molecule has 0 aromatic heterocycles. The molecule has 0 N–H and O–H groups in total. The molecule has 0 aliphatic heterocycles. The van der Waals surface area contributed by atoms with E-state index in [0.717, 1.165) is 22.3 Å². The first-order chi connectivity index (χ1) is 10.4. The first-order valence-electron chi connectivity index (χ1n) is 6.72. The molecule has 3 rings (SSSR count). The molecule has 0 aromatic rings. The van der Waals surface area contributed by atoms with Gasteiger partial charge in [0.15, 0.2) is 0 Å². The summed E-state index contributed by atoms with van der Waals surface area (Å²) >= 11 is 0. The summed E-state index contributed by atoms with van der Waals surface area (Å²) in [6.45, 7) is 0. The van der Waals surface area contributed by atoms with E-state index in [2.05, 4.69) is 29.0 Å². The molecule has 21 heavy (non-hydrogen) atoms. The Morgan fingerprint density at radius 3 is 2.24 bits per heavy atom. The average molecular weight is 264 g/mol. The van der Waals surface area contributed by atoms with Gasteiger partial charge in [0.1, 0.15) is 0 Å². The van der Waals surface area contributed by atoms with E-state index in [-0.39, 0.29) is 0 Å². The van der Waals surface area contributed by atoms with Gasteiger partial charge < -0.3 is 0 Å². The molecule has 96 valence electrons. The first-order valence-corrected chi connectivity index (χ1v) is 6.72. The van der Waals surface area contributed by atoms with Crippen LogP contribution in [0.15, 0.2) is 112 Å². The van der Waals surface area contributed by atoms with Crippen LogP contribution < -0.4 is 0 Å². The molecule has 0 unspecified atom stereocenters. The molecule has 0 aromatic carbocycles. The average Bonchev–Trinajstić information content (AvgIpc) is 3.24. The Kier molecular flexibility index (Phi) is 3.86. The maximum absolute atomic E-state index is 3.18. The van der Waals surface area contributed by atoms with Gasteiger partial charge in [-0.3, -0.25) is 0 Å². The smallest absolute Gasteiger partial charge is 0.0667 e. The fourth-order valence-electron chi connectivity index (χ4n) is 1.90. The van der Waals surface area contributed by atoms with Gasteiger partial charge in [-0.1, -0.05) is 30.1 Å². The fraction of sp³-hybridized carbons (Fsp3) is 0. The molecule has 0 spiro atoms. The van der Waals surface area contributed by atoms with Gasteiger partial charge in [-0.2, -0.15) is 0 Å². The molecule has 0 saturated heterocycles. The first kappa shape index (κ1) is 12.8. The monoisotopic (exact) mass is 264 g/mol. The van der Waals surface area contributed by atoms with Gasteiger partial charge in [0, 0.05) is 16.7 Å². The lowest BCUT2D eigenvalue weighted by atomic mass is 10.1. The largest absolute Gasteiger partial charge is 0.113 e. The summed E-state index contributed by atoms with van der Waals surface area (Å²) in [5.41, 5.74) is 13.3. The Bertz CT molecular complexity index is 871. The Balaban J connectivity index is 1.87. The van der Waals surface area contributed by atoms with Crippen LogP contribution in [0.5, 0.6) is 0 Å². The molecule has 0 bridgehead atoms. The molecule has 0 amide bonds. The van der Waals surface area contributed by atoms with Crippen molar-refractivity contribution in [2.24, 2.45) is 0 Å². The molecule has 0 nitrogen and oxygen atoms in total. The lowest BCUT2D eigenvalue weighted by Crippen LogP contribution is -1.77. The molecule has 0 fully saturated rings. The highest BCUT2D eigenvalue weighted by atomic mass is 14.0. The van der Waals surface area contributed by atoms with Crippen molar-refractivity contribution in [2.75, 3.05) is 0 Å². The minimum Gasteiger partial charge on any atom is -0.113 e. The van der Waals surface area contributed by atoms with E-state index < -0.39 is 0 Å². The highest BCUT2D eigenvalue weighted by Gasteiger charge is 1.95. The number of allylic oxidation sites excluding steroid dienone is 13. The minimum absolute atomic E-state index is 0.903. The quantitative estimate of drug-likeness (QED) is 0.402. The van der Waals surface area contributed by atoms with E-state index in [1.54, 1.807) is 0 Å². The van der Waals surface area contributed by atoms with E-state index in [1.165, 1.54) is 0 Å². The van der Waals surface area contributed by atoms with E-state index in [0.29, 0.717) is 0 Å². The van der Waals surface area contributed by atoms with Crippen LogP contribution in [0, 0.1) is 11.8 Å². The number of hydrogen-bond acceptors (Lipinski definition) is 0. The Hall–Kier alpha value is -3.18. The van der Waals surface area contributed by atoms with Crippen molar-refractivity contribution >= 4 is 0 Å². The lowest BCUT2D eigenvalue weighted by Gasteiger charge is -1.92. The summed E-state index contributed by atoms with van der Waals surface area (Å²) in [7, 11) is 0.